The van der Waals surface area contributed by atoms with Crippen LogP contribution in [0, 0.1) is 18.8 Å². The van der Waals surface area contributed by atoms with Crippen LogP contribution in [0.15, 0.2) is 30.3 Å². The number of piperidine rings is 1. The predicted molar refractivity (Wildman–Crippen MR) is 97.6 cm³/mol. The van der Waals surface area contributed by atoms with E-state index in [1.807, 2.05) is 6.92 Å². The van der Waals surface area contributed by atoms with Gasteiger partial charge in [0.1, 0.15) is 5.01 Å². The first-order chi connectivity index (χ1) is 11.8. The second-order valence-electron chi connectivity index (χ2n) is 7.10. The summed E-state index contributed by atoms with van der Waals surface area (Å²) in [5.41, 5.74) is 1.40. The second kappa shape index (κ2) is 7.19. The van der Waals surface area contributed by atoms with Crippen molar-refractivity contribution in [2.24, 2.45) is 11.8 Å². The molecule has 0 unspecified atom stereocenters. The Bertz CT molecular complexity index is 656. The summed E-state index contributed by atoms with van der Waals surface area (Å²) in [5.74, 6) is 1.34. The van der Waals surface area contributed by atoms with Crippen molar-refractivity contribution < 1.29 is 4.74 Å². The lowest BCUT2D eigenvalue weighted by atomic mass is 9.88. The van der Waals surface area contributed by atoms with E-state index in [1.54, 1.807) is 11.3 Å². The van der Waals surface area contributed by atoms with Gasteiger partial charge in [0.2, 0.25) is 5.13 Å². The molecule has 1 aromatic carbocycles. The molecule has 1 saturated heterocycles. The predicted octanol–water partition coefficient (Wildman–Crippen LogP) is 3.71. The molecule has 1 saturated carbocycles. The van der Waals surface area contributed by atoms with Crippen LogP contribution in [0.2, 0.25) is 0 Å². The molecule has 0 radical (unpaired) electrons. The molecule has 128 valence electrons. The van der Waals surface area contributed by atoms with E-state index in [4.69, 9.17) is 4.74 Å². The van der Waals surface area contributed by atoms with Crippen molar-refractivity contribution in [1.82, 2.24) is 10.2 Å². The van der Waals surface area contributed by atoms with Crippen molar-refractivity contribution in [3.63, 3.8) is 0 Å². The van der Waals surface area contributed by atoms with E-state index >= 15 is 0 Å². The number of benzene rings is 1. The first-order valence-electron chi connectivity index (χ1n) is 8.98. The third-order valence-corrected chi connectivity index (χ3v) is 5.93. The molecule has 2 fully saturated rings. The van der Waals surface area contributed by atoms with Crippen LogP contribution >= 0.6 is 11.3 Å². The molecule has 5 heteroatoms. The Labute approximate surface area is 147 Å². The molecular formula is C19H25N3OS. The molecule has 24 heavy (non-hydrogen) atoms. The molecule has 4 rings (SSSR count). The summed E-state index contributed by atoms with van der Waals surface area (Å²) >= 11 is 1.69. The smallest absolute Gasteiger partial charge is 0.208 e. The van der Waals surface area contributed by atoms with E-state index in [1.165, 1.54) is 18.4 Å². The number of aromatic nitrogens is 2. The van der Waals surface area contributed by atoms with Crippen LogP contribution in [-0.2, 0) is 11.2 Å². The number of anilines is 1. The number of hydrogen-bond acceptors (Lipinski definition) is 5. The van der Waals surface area contributed by atoms with Crippen molar-refractivity contribution in [1.29, 1.82) is 0 Å². The summed E-state index contributed by atoms with van der Waals surface area (Å²) in [7, 11) is 0. The van der Waals surface area contributed by atoms with E-state index < -0.39 is 0 Å². The highest BCUT2D eigenvalue weighted by atomic mass is 32.1. The molecule has 2 aromatic rings. The molecule has 0 bridgehead atoms. The quantitative estimate of drug-likeness (QED) is 0.801. The summed E-state index contributed by atoms with van der Waals surface area (Å²) in [4.78, 5) is 2.40. The average molecular weight is 343 g/mol. The minimum atomic E-state index is 0.371. The zero-order chi connectivity index (χ0) is 16.4. The van der Waals surface area contributed by atoms with Gasteiger partial charge in [-0.15, -0.1) is 10.2 Å². The maximum absolute atomic E-state index is 6.32. The fraction of sp³-hybridized carbons (Fsp3) is 0.579. The monoisotopic (exact) mass is 343 g/mol. The first-order valence-corrected chi connectivity index (χ1v) is 9.80. The number of hydrogen-bond donors (Lipinski definition) is 0. The van der Waals surface area contributed by atoms with Gasteiger partial charge in [-0.3, -0.25) is 0 Å². The summed E-state index contributed by atoms with van der Waals surface area (Å²) in [6.45, 7) is 5.01. The van der Waals surface area contributed by atoms with Crippen LogP contribution in [-0.4, -0.2) is 36.0 Å². The fourth-order valence-corrected chi connectivity index (χ4v) is 4.20. The van der Waals surface area contributed by atoms with Gasteiger partial charge in [0, 0.05) is 25.6 Å². The SMILES string of the molecule is Cc1nnc(N2CC[C@@H](OCC3CC3)[C@@H](Cc3ccccc3)C2)s1. The number of aryl methyl sites for hydroxylation is 1. The molecule has 0 amide bonds. The molecule has 4 nitrogen and oxygen atoms in total. The zero-order valence-corrected chi connectivity index (χ0v) is 15.0. The first kappa shape index (κ1) is 16.0. The summed E-state index contributed by atoms with van der Waals surface area (Å²) in [6.07, 6.45) is 5.24. The molecule has 0 spiro atoms. The van der Waals surface area contributed by atoms with E-state index in [9.17, 15) is 0 Å². The second-order valence-corrected chi connectivity index (χ2v) is 8.26. The maximum atomic E-state index is 6.32. The van der Waals surface area contributed by atoms with Crippen LogP contribution in [0.1, 0.15) is 29.8 Å². The van der Waals surface area contributed by atoms with Crippen LogP contribution in [0.25, 0.3) is 0 Å². The standard InChI is InChI=1S/C19H25N3OS/c1-14-20-21-19(24-14)22-10-9-18(23-13-16-7-8-16)17(12-22)11-15-5-3-2-4-6-15/h2-6,16-18H,7-13H2,1H3/t17-,18+/m0/s1. The average Bonchev–Trinajstić information content (AvgIpc) is 3.34. The van der Waals surface area contributed by atoms with Gasteiger partial charge in [0.15, 0.2) is 0 Å². The lowest BCUT2D eigenvalue weighted by Crippen LogP contribution is -2.45. The minimum Gasteiger partial charge on any atom is -0.377 e. The van der Waals surface area contributed by atoms with Gasteiger partial charge in [0.25, 0.3) is 0 Å². The summed E-state index contributed by atoms with van der Waals surface area (Å²) in [5, 5.41) is 10.6. The highest BCUT2D eigenvalue weighted by Crippen LogP contribution is 2.33. The lowest BCUT2D eigenvalue weighted by Gasteiger charge is -2.38. The molecule has 2 atom stereocenters. The molecule has 1 aliphatic carbocycles. The number of nitrogens with zero attached hydrogens (tertiary/aromatic N) is 3. The van der Waals surface area contributed by atoms with E-state index in [2.05, 4.69) is 45.4 Å². The van der Waals surface area contributed by atoms with E-state index in [0.29, 0.717) is 12.0 Å². The van der Waals surface area contributed by atoms with Gasteiger partial charge in [-0.2, -0.15) is 0 Å². The zero-order valence-electron chi connectivity index (χ0n) is 14.2. The fourth-order valence-electron chi connectivity index (χ4n) is 3.47. The topological polar surface area (TPSA) is 38.2 Å². The lowest BCUT2D eigenvalue weighted by molar-refractivity contribution is -0.00481. The molecule has 1 aromatic heterocycles. The Kier molecular flexibility index (Phi) is 4.81. The highest BCUT2D eigenvalue weighted by Gasteiger charge is 2.33. The highest BCUT2D eigenvalue weighted by molar-refractivity contribution is 7.15. The van der Waals surface area contributed by atoms with Crippen LogP contribution in [0.5, 0.6) is 0 Å². The van der Waals surface area contributed by atoms with Crippen molar-refractivity contribution in [2.45, 2.75) is 38.7 Å². The Morgan fingerprint density at radius 3 is 2.71 bits per heavy atom. The molecule has 0 N–H and O–H groups in total. The van der Waals surface area contributed by atoms with Gasteiger partial charge in [0.05, 0.1) is 6.10 Å². The van der Waals surface area contributed by atoms with E-state index in [0.717, 1.165) is 48.6 Å². The molecule has 1 aliphatic heterocycles. The Morgan fingerprint density at radius 1 is 1.17 bits per heavy atom. The van der Waals surface area contributed by atoms with Crippen molar-refractivity contribution in [3.05, 3.63) is 40.9 Å². The Hall–Kier alpha value is -1.46. The van der Waals surface area contributed by atoms with Crippen LogP contribution < -0.4 is 4.90 Å². The maximum Gasteiger partial charge on any atom is 0.208 e. The van der Waals surface area contributed by atoms with E-state index in [-0.39, 0.29) is 0 Å². The van der Waals surface area contributed by atoms with Gasteiger partial charge < -0.3 is 9.64 Å². The number of rotatable bonds is 6. The van der Waals surface area contributed by atoms with Crippen LogP contribution in [0.3, 0.4) is 0 Å². The largest absolute Gasteiger partial charge is 0.377 e. The third kappa shape index (κ3) is 3.95. The van der Waals surface area contributed by atoms with Gasteiger partial charge in [-0.25, -0.2) is 0 Å². The van der Waals surface area contributed by atoms with Gasteiger partial charge in [-0.05, 0) is 44.1 Å². The van der Waals surface area contributed by atoms with Crippen LogP contribution in [0.4, 0.5) is 5.13 Å². The Balaban J connectivity index is 1.46. The van der Waals surface area contributed by atoms with Crippen molar-refractivity contribution in [3.8, 4) is 0 Å². The molecule has 2 aliphatic rings. The molecule has 2 heterocycles. The third-order valence-electron chi connectivity index (χ3n) is 5.03. The van der Waals surface area contributed by atoms with Gasteiger partial charge in [-0.1, -0.05) is 41.7 Å². The number of ether oxygens (including phenoxy) is 1. The van der Waals surface area contributed by atoms with Gasteiger partial charge >= 0.3 is 0 Å². The molecular weight excluding hydrogens is 318 g/mol. The summed E-state index contributed by atoms with van der Waals surface area (Å²) in [6, 6.07) is 10.8. The van der Waals surface area contributed by atoms with Crippen molar-refractivity contribution >= 4 is 16.5 Å². The minimum absolute atomic E-state index is 0.371. The normalized spacial score (nSPS) is 24.3. The Morgan fingerprint density at radius 2 is 2.00 bits per heavy atom. The summed E-state index contributed by atoms with van der Waals surface area (Å²) < 4.78 is 6.32. The van der Waals surface area contributed by atoms with Crippen molar-refractivity contribution in [2.75, 3.05) is 24.6 Å².